The molecule has 0 saturated heterocycles. The molecule has 7 nitrogen and oxygen atoms in total. The highest BCUT2D eigenvalue weighted by Gasteiger charge is 2.46. The van der Waals surface area contributed by atoms with Crippen LogP contribution in [-0.2, 0) is 19.6 Å². The van der Waals surface area contributed by atoms with E-state index < -0.39 is 33.9 Å². The van der Waals surface area contributed by atoms with Crippen LogP contribution in [0.15, 0.2) is 12.1 Å². The second-order valence-electron chi connectivity index (χ2n) is 6.49. The molecular formula is C16H16F2I3NO6S. The molecule has 162 valence electrons. The Morgan fingerprint density at radius 1 is 1.17 bits per heavy atom. The molecule has 2 N–H and O–H groups in total. The lowest BCUT2D eigenvalue weighted by molar-refractivity contribution is -0.155. The fourth-order valence-electron chi connectivity index (χ4n) is 2.81. The van der Waals surface area contributed by atoms with E-state index in [0.29, 0.717) is 31.2 Å². The molecule has 0 aromatic heterocycles. The minimum Gasteiger partial charge on any atom is -0.458 e. The second kappa shape index (κ2) is 10.2. The summed E-state index contributed by atoms with van der Waals surface area (Å²) in [6, 6.07) is 3.58. The van der Waals surface area contributed by atoms with Gasteiger partial charge in [0.2, 0.25) is 0 Å². The predicted octanol–water partition coefficient (Wildman–Crippen LogP) is 3.81. The standard InChI is InChI=1S/C16H16F2I3NO6S/c17-16(18,29(25,26)27)7-28-15(24)8-1-3-10(4-2-8)22-14(23)11-5-9(19)6-12(20)13(11)21/h5-6,8,10H,1-4,7H2,(H,22,23)(H,25,26,27). The molecule has 1 aromatic rings. The summed E-state index contributed by atoms with van der Waals surface area (Å²) < 4.78 is 62.9. The quantitative estimate of drug-likeness (QED) is 0.197. The first-order valence-corrected chi connectivity index (χ1v) is 13.0. The van der Waals surface area contributed by atoms with Crippen molar-refractivity contribution in [2.45, 2.75) is 37.0 Å². The minimum atomic E-state index is -5.65. The van der Waals surface area contributed by atoms with Crippen molar-refractivity contribution >= 4 is 89.8 Å². The van der Waals surface area contributed by atoms with E-state index in [9.17, 15) is 26.8 Å². The number of esters is 1. The maximum Gasteiger partial charge on any atom is 0.402 e. The van der Waals surface area contributed by atoms with E-state index in [-0.39, 0.29) is 11.9 Å². The van der Waals surface area contributed by atoms with Gasteiger partial charge in [-0.05, 0) is 106 Å². The van der Waals surface area contributed by atoms with E-state index in [1.165, 1.54) is 0 Å². The van der Waals surface area contributed by atoms with Gasteiger partial charge in [-0.15, -0.1) is 0 Å². The normalized spacial score (nSPS) is 20.2. The summed E-state index contributed by atoms with van der Waals surface area (Å²) >= 11 is 6.40. The number of alkyl halides is 2. The number of hydrogen-bond acceptors (Lipinski definition) is 5. The second-order valence-corrected chi connectivity index (χ2v) is 11.5. The molecule has 1 amide bonds. The highest BCUT2D eigenvalue weighted by molar-refractivity contribution is 14.1. The summed E-state index contributed by atoms with van der Waals surface area (Å²) in [5, 5.41) is -1.61. The molecule has 1 aromatic carbocycles. The molecule has 0 aliphatic heterocycles. The Kier molecular flexibility index (Phi) is 8.89. The lowest BCUT2D eigenvalue weighted by Gasteiger charge is -2.28. The number of ether oxygens (including phenoxy) is 1. The molecule has 1 aliphatic rings. The maximum absolute atomic E-state index is 13.1. The van der Waals surface area contributed by atoms with Crippen LogP contribution in [0.4, 0.5) is 8.78 Å². The summed E-state index contributed by atoms with van der Waals surface area (Å²) in [5.74, 6) is -1.83. The zero-order valence-corrected chi connectivity index (χ0v) is 21.9. The molecule has 0 atom stereocenters. The topological polar surface area (TPSA) is 110 Å². The molecule has 0 bridgehead atoms. The Hall–Kier alpha value is 0.120. The zero-order chi connectivity index (χ0) is 22.0. The molecule has 2 rings (SSSR count). The smallest absolute Gasteiger partial charge is 0.402 e. The van der Waals surface area contributed by atoms with Crippen LogP contribution >= 0.6 is 67.8 Å². The van der Waals surface area contributed by atoms with Crippen molar-refractivity contribution in [3.63, 3.8) is 0 Å². The summed E-state index contributed by atoms with van der Waals surface area (Å²) in [7, 11) is -5.65. The van der Waals surface area contributed by atoms with Crippen LogP contribution in [0.2, 0.25) is 0 Å². The lowest BCUT2D eigenvalue weighted by Crippen LogP contribution is -2.40. The average molecular weight is 769 g/mol. The number of benzene rings is 1. The molecule has 0 heterocycles. The Bertz CT molecular complexity index is 904. The fraction of sp³-hybridized carbons (Fsp3) is 0.500. The molecule has 13 heteroatoms. The number of rotatable bonds is 6. The monoisotopic (exact) mass is 769 g/mol. The number of amides is 1. The maximum atomic E-state index is 13.1. The third kappa shape index (κ3) is 6.80. The summed E-state index contributed by atoms with van der Waals surface area (Å²) in [6.45, 7) is -1.73. The van der Waals surface area contributed by atoms with Crippen molar-refractivity contribution in [2.24, 2.45) is 5.92 Å². The fourth-order valence-corrected chi connectivity index (χ4v) is 5.41. The van der Waals surface area contributed by atoms with E-state index in [1.54, 1.807) is 6.07 Å². The van der Waals surface area contributed by atoms with Crippen molar-refractivity contribution in [2.75, 3.05) is 6.61 Å². The largest absolute Gasteiger partial charge is 0.458 e. The Morgan fingerprint density at radius 2 is 1.76 bits per heavy atom. The molecule has 29 heavy (non-hydrogen) atoms. The van der Waals surface area contributed by atoms with Crippen LogP contribution in [0.3, 0.4) is 0 Å². The van der Waals surface area contributed by atoms with Gasteiger partial charge < -0.3 is 10.1 Å². The summed E-state index contributed by atoms with van der Waals surface area (Å²) in [5.41, 5.74) is 0.566. The van der Waals surface area contributed by atoms with Gasteiger partial charge in [0.1, 0.15) is 0 Å². The lowest BCUT2D eigenvalue weighted by atomic mass is 9.86. The first-order chi connectivity index (χ1) is 13.3. The average Bonchev–Trinajstić information content (AvgIpc) is 2.62. The van der Waals surface area contributed by atoms with E-state index in [1.807, 2.05) is 6.07 Å². The van der Waals surface area contributed by atoms with E-state index in [2.05, 4.69) is 77.8 Å². The van der Waals surface area contributed by atoms with Crippen LogP contribution in [0.1, 0.15) is 36.0 Å². The Morgan fingerprint density at radius 3 is 2.31 bits per heavy atom. The van der Waals surface area contributed by atoms with Gasteiger partial charge in [0.15, 0.2) is 6.61 Å². The number of carbonyl (C=O) groups is 2. The SMILES string of the molecule is O=C(NC1CCC(C(=O)OCC(F)(F)S(=O)(=O)O)CC1)c1cc(I)cc(I)c1I. The van der Waals surface area contributed by atoms with Gasteiger partial charge in [0, 0.05) is 16.8 Å². The third-order valence-corrected chi connectivity index (χ3v) is 8.93. The van der Waals surface area contributed by atoms with Gasteiger partial charge in [0.25, 0.3) is 5.91 Å². The summed E-state index contributed by atoms with van der Waals surface area (Å²) in [6.07, 6.45) is 1.53. The molecule has 1 saturated carbocycles. The van der Waals surface area contributed by atoms with Crippen molar-refractivity contribution in [1.82, 2.24) is 5.32 Å². The molecule has 0 spiro atoms. The first kappa shape index (κ1) is 25.4. The van der Waals surface area contributed by atoms with Crippen molar-refractivity contribution in [1.29, 1.82) is 0 Å². The van der Waals surface area contributed by atoms with Gasteiger partial charge in [0.05, 0.1) is 11.5 Å². The molecule has 1 aliphatic carbocycles. The highest BCUT2D eigenvalue weighted by atomic mass is 127. The van der Waals surface area contributed by atoms with E-state index in [4.69, 9.17) is 4.55 Å². The molecular weight excluding hydrogens is 753 g/mol. The first-order valence-electron chi connectivity index (χ1n) is 8.28. The Labute approximate surface area is 207 Å². The number of nitrogens with one attached hydrogen (secondary N) is 1. The van der Waals surface area contributed by atoms with Gasteiger partial charge in [-0.25, -0.2) is 0 Å². The van der Waals surface area contributed by atoms with Crippen LogP contribution in [0.5, 0.6) is 0 Å². The van der Waals surface area contributed by atoms with Gasteiger partial charge in [-0.1, -0.05) is 0 Å². The van der Waals surface area contributed by atoms with Crippen molar-refractivity contribution in [3.8, 4) is 0 Å². The highest BCUT2D eigenvalue weighted by Crippen LogP contribution is 2.28. The predicted molar refractivity (Wildman–Crippen MR) is 125 cm³/mol. The Balaban J connectivity index is 1.88. The van der Waals surface area contributed by atoms with E-state index in [0.717, 1.165) is 10.7 Å². The van der Waals surface area contributed by atoms with Gasteiger partial charge >= 0.3 is 21.3 Å². The summed E-state index contributed by atoms with van der Waals surface area (Å²) in [4.78, 5) is 24.5. The molecule has 0 radical (unpaired) electrons. The molecule has 1 fully saturated rings. The number of hydrogen-bond donors (Lipinski definition) is 2. The van der Waals surface area contributed by atoms with Crippen LogP contribution in [0.25, 0.3) is 0 Å². The van der Waals surface area contributed by atoms with Gasteiger partial charge in [-0.3, -0.25) is 14.1 Å². The minimum absolute atomic E-state index is 0.169. The zero-order valence-electron chi connectivity index (χ0n) is 14.6. The van der Waals surface area contributed by atoms with Crippen molar-refractivity contribution in [3.05, 3.63) is 28.4 Å². The third-order valence-electron chi connectivity index (χ3n) is 4.39. The van der Waals surface area contributed by atoms with Crippen molar-refractivity contribution < 1.29 is 36.1 Å². The number of carbonyl (C=O) groups excluding carboxylic acids is 2. The van der Waals surface area contributed by atoms with Crippen LogP contribution < -0.4 is 5.32 Å². The van der Waals surface area contributed by atoms with E-state index >= 15 is 0 Å². The molecule has 0 unspecified atom stereocenters. The van der Waals surface area contributed by atoms with Gasteiger partial charge in [-0.2, -0.15) is 17.2 Å². The van der Waals surface area contributed by atoms with Crippen LogP contribution in [-0.4, -0.2) is 42.8 Å². The van der Waals surface area contributed by atoms with Crippen LogP contribution in [0, 0.1) is 16.6 Å². The number of halogens is 5.